The third kappa shape index (κ3) is 4.91. The second-order valence-corrected chi connectivity index (χ2v) is 9.45. The molecule has 0 saturated heterocycles. The van der Waals surface area contributed by atoms with Crippen LogP contribution in [0, 0.1) is 10.1 Å². The Labute approximate surface area is 192 Å². The molecule has 0 aliphatic carbocycles. The third-order valence-electron chi connectivity index (χ3n) is 4.57. The van der Waals surface area contributed by atoms with E-state index in [1.54, 1.807) is 12.1 Å². The summed E-state index contributed by atoms with van der Waals surface area (Å²) in [5.41, 5.74) is 1.04. The maximum Gasteiger partial charge on any atom is 0.270 e. The average Bonchev–Trinajstić information content (AvgIpc) is 3.20. The smallest absolute Gasteiger partial charge is 0.270 e. The Hall–Kier alpha value is -4.03. The van der Waals surface area contributed by atoms with Gasteiger partial charge in [-0.15, -0.1) is 0 Å². The number of carbonyl (C=O) groups is 1. The highest BCUT2D eigenvalue weighted by molar-refractivity contribution is 7.92. The first-order valence-corrected chi connectivity index (χ1v) is 11.7. The van der Waals surface area contributed by atoms with Crippen LogP contribution >= 0.6 is 11.3 Å². The van der Waals surface area contributed by atoms with Gasteiger partial charge in [-0.25, -0.2) is 13.4 Å². The van der Waals surface area contributed by atoms with Crippen molar-refractivity contribution in [3.63, 3.8) is 0 Å². The number of nitrogens with one attached hydrogen (secondary N) is 2. The predicted molar refractivity (Wildman–Crippen MR) is 124 cm³/mol. The van der Waals surface area contributed by atoms with Gasteiger partial charge in [-0.2, -0.15) is 0 Å². The average molecular weight is 485 g/mol. The molecule has 12 heteroatoms. The van der Waals surface area contributed by atoms with Crippen molar-refractivity contribution in [2.24, 2.45) is 0 Å². The number of fused-ring (bicyclic) bond motifs is 1. The second-order valence-electron chi connectivity index (χ2n) is 6.74. The summed E-state index contributed by atoms with van der Waals surface area (Å²) >= 11 is 1.11. The zero-order chi connectivity index (χ0) is 23.6. The number of nitro groups is 1. The molecule has 0 fully saturated rings. The molecule has 0 atom stereocenters. The van der Waals surface area contributed by atoms with Crippen molar-refractivity contribution in [1.29, 1.82) is 0 Å². The summed E-state index contributed by atoms with van der Waals surface area (Å²) in [5.74, 6) is 0.0868. The van der Waals surface area contributed by atoms with Gasteiger partial charge < -0.3 is 4.74 Å². The first-order valence-electron chi connectivity index (χ1n) is 9.38. The number of aromatic nitrogens is 1. The Morgan fingerprint density at radius 2 is 1.76 bits per heavy atom. The maximum atomic E-state index is 12.5. The number of rotatable bonds is 7. The summed E-state index contributed by atoms with van der Waals surface area (Å²) in [6, 6.07) is 16.1. The van der Waals surface area contributed by atoms with Crippen LogP contribution in [-0.2, 0) is 10.0 Å². The van der Waals surface area contributed by atoms with E-state index < -0.39 is 20.9 Å². The number of anilines is 2. The van der Waals surface area contributed by atoms with Crippen molar-refractivity contribution in [2.45, 2.75) is 4.90 Å². The standard InChI is InChI=1S/C21H16N4O6S2/c1-31-16-7-9-17(10-8-16)33(29,30)24-14-4-2-13(3-5-14)20(26)23-21-22-18-11-6-15(25(27)28)12-19(18)32-21/h2-12,24H,1H3,(H,22,23,26). The van der Waals surface area contributed by atoms with Crippen molar-refractivity contribution >= 4 is 54.0 Å². The van der Waals surface area contributed by atoms with Crippen molar-refractivity contribution in [2.75, 3.05) is 17.1 Å². The van der Waals surface area contributed by atoms with Crippen molar-refractivity contribution in [1.82, 2.24) is 4.98 Å². The lowest BCUT2D eigenvalue weighted by Gasteiger charge is -2.09. The zero-order valence-corrected chi connectivity index (χ0v) is 18.6. The summed E-state index contributed by atoms with van der Waals surface area (Å²) in [4.78, 5) is 27.3. The normalized spacial score (nSPS) is 11.2. The number of non-ortho nitro benzene ring substituents is 1. The fourth-order valence-electron chi connectivity index (χ4n) is 2.91. The van der Waals surface area contributed by atoms with Crippen LogP contribution in [0.3, 0.4) is 0 Å². The summed E-state index contributed by atoms with van der Waals surface area (Å²) in [7, 11) is -2.32. The molecule has 10 nitrogen and oxygen atoms in total. The highest BCUT2D eigenvalue weighted by Gasteiger charge is 2.16. The summed E-state index contributed by atoms with van der Waals surface area (Å²) < 4.78 is 33.1. The van der Waals surface area contributed by atoms with Gasteiger partial charge >= 0.3 is 0 Å². The van der Waals surface area contributed by atoms with Gasteiger partial charge in [0.1, 0.15) is 5.75 Å². The Morgan fingerprint density at radius 1 is 1.06 bits per heavy atom. The van der Waals surface area contributed by atoms with Crippen LogP contribution in [0.1, 0.15) is 10.4 Å². The minimum absolute atomic E-state index is 0.0586. The fraction of sp³-hybridized carbons (Fsp3) is 0.0476. The van der Waals surface area contributed by atoms with E-state index in [4.69, 9.17) is 4.74 Å². The molecule has 0 bridgehead atoms. The van der Waals surface area contributed by atoms with Gasteiger partial charge in [-0.3, -0.25) is 24.9 Å². The SMILES string of the molecule is COc1ccc(S(=O)(=O)Nc2ccc(C(=O)Nc3nc4ccc([N+](=O)[O-])cc4s3)cc2)cc1. The van der Waals surface area contributed by atoms with Crippen LogP contribution in [-0.4, -0.2) is 31.3 Å². The molecule has 1 amide bonds. The molecular formula is C21H16N4O6S2. The van der Waals surface area contributed by atoms with Gasteiger partial charge in [-0.05, 0) is 54.6 Å². The number of hydrogen-bond donors (Lipinski definition) is 2. The number of carbonyl (C=O) groups excluding carboxylic acids is 1. The molecule has 0 unspecified atom stereocenters. The van der Waals surface area contributed by atoms with Gasteiger partial charge in [-0.1, -0.05) is 11.3 Å². The molecule has 0 saturated carbocycles. The molecule has 1 heterocycles. The lowest BCUT2D eigenvalue weighted by molar-refractivity contribution is -0.384. The number of ether oxygens (including phenoxy) is 1. The number of amides is 1. The van der Waals surface area contributed by atoms with E-state index in [1.165, 1.54) is 61.7 Å². The zero-order valence-electron chi connectivity index (χ0n) is 17.0. The number of thiazole rings is 1. The number of methoxy groups -OCH3 is 1. The van der Waals surface area contributed by atoms with E-state index in [2.05, 4.69) is 15.0 Å². The van der Waals surface area contributed by atoms with Gasteiger partial charge in [0.2, 0.25) is 0 Å². The number of sulfonamides is 1. The molecule has 1 aromatic heterocycles. The number of nitro benzene ring substituents is 1. The molecule has 0 radical (unpaired) electrons. The van der Waals surface area contributed by atoms with Gasteiger partial charge in [0.15, 0.2) is 5.13 Å². The lowest BCUT2D eigenvalue weighted by Crippen LogP contribution is -2.14. The molecule has 168 valence electrons. The molecule has 2 N–H and O–H groups in total. The van der Waals surface area contributed by atoms with Crippen molar-refractivity contribution < 1.29 is 22.9 Å². The molecular weight excluding hydrogens is 468 g/mol. The molecule has 0 aliphatic rings. The van der Waals surface area contributed by atoms with E-state index in [0.29, 0.717) is 21.1 Å². The van der Waals surface area contributed by atoms with E-state index >= 15 is 0 Å². The summed E-state index contributed by atoms with van der Waals surface area (Å²) in [6.45, 7) is 0. The first kappa shape index (κ1) is 22.2. The van der Waals surface area contributed by atoms with E-state index in [9.17, 15) is 23.3 Å². The minimum Gasteiger partial charge on any atom is -0.497 e. The highest BCUT2D eigenvalue weighted by atomic mass is 32.2. The maximum absolute atomic E-state index is 12.5. The lowest BCUT2D eigenvalue weighted by atomic mass is 10.2. The predicted octanol–water partition coefficient (Wildman–Crippen LogP) is 4.27. The van der Waals surface area contributed by atoms with Crippen LogP contribution in [0.25, 0.3) is 10.2 Å². The van der Waals surface area contributed by atoms with Crippen LogP contribution in [0.5, 0.6) is 5.75 Å². The van der Waals surface area contributed by atoms with Gasteiger partial charge in [0, 0.05) is 23.4 Å². The molecule has 0 spiro atoms. The van der Waals surface area contributed by atoms with E-state index in [1.807, 2.05) is 0 Å². The molecule has 4 rings (SSSR count). The first-order chi connectivity index (χ1) is 15.7. The van der Waals surface area contributed by atoms with Gasteiger partial charge in [0.05, 0.1) is 27.1 Å². The van der Waals surface area contributed by atoms with Crippen LogP contribution in [0.15, 0.2) is 71.6 Å². The largest absolute Gasteiger partial charge is 0.497 e. The Kier molecular flexibility index (Phi) is 5.94. The quantitative estimate of drug-likeness (QED) is 0.295. The highest BCUT2D eigenvalue weighted by Crippen LogP contribution is 2.29. The molecule has 33 heavy (non-hydrogen) atoms. The van der Waals surface area contributed by atoms with Crippen LogP contribution < -0.4 is 14.8 Å². The fourth-order valence-corrected chi connectivity index (χ4v) is 4.86. The van der Waals surface area contributed by atoms with Crippen LogP contribution in [0.4, 0.5) is 16.5 Å². The Morgan fingerprint density at radius 3 is 2.39 bits per heavy atom. The number of nitrogens with zero attached hydrogens (tertiary/aromatic N) is 2. The summed E-state index contributed by atoms with van der Waals surface area (Å²) in [6.07, 6.45) is 0. The van der Waals surface area contributed by atoms with E-state index in [0.717, 1.165) is 11.3 Å². The van der Waals surface area contributed by atoms with Gasteiger partial charge in [0.25, 0.3) is 21.6 Å². The van der Waals surface area contributed by atoms with Crippen LogP contribution in [0.2, 0.25) is 0 Å². The number of hydrogen-bond acceptors (Lipinski definition) is 8. The Balaban J connectivity index is 1.45. The number of benzene rings is 3. The van der Waals surface area contributed by atoms with Crippen molar-refractivity contribution in [3.05, 3.63) is 82.4 Å². The molecule has 3 aromatic carbocycles. The second kappa shape index (κ2) is 8.84. The Bertz CT molecular complexity index is 1450. The molecule has 0 aliphatic heterocycles. The van der Waals surface area contributed by atoms with E-state index in [-0.39, 0.29) is 21.8 Å². The topological polar surface area (TPSA) is 141 Å². The monoisotopic (exact) mass is 484 g/mol. The minimum atomic E-state index is -3.81. The summed E-state index contributed by atoms with van der Waals surface area (Å²) in [5, 5.41) is 13.8. The molecule has 4 aromatic rings. The van der Waals surface area contributed by atoms with Crippen molar-refractivity contribution in [3.8, 4) is 5.75 Å². The third-order valence-corrected chi connectivity index (χ3v) is 6.90.